The van der Waals surface area contributed by atoms with Crippen LogP contribution in [-0.4, -0.2) is 83.1 Å². The Morgan fingerprint density at radius 3 is 2.11 bits per heavy atom. The van der Waals surface area contributed by atoms with E-state index in [-0.39, 0.29) is 16.3 Å². The lowest BCUT2D eigenvalue weighted by Gasteiger charge is -2.37. The fraction of sp³-hybridized carbons (Fsp3) is 0.444. The first-order valence-corrected chi connectivity index (χ1v) is 19.6. The third-order valence-corrected chi connectivity index (χ3v) is 13.3. The molecule has 3 aromatic rings. The van der Waals surface area contributed by atoms with Crippen LogP contribution in [0.4, 0.5) is 50.9 Å². The SMILES string of the molecule is Cc1cc(F)c(Nc2ccnc3c2C(=O)Nc2cc(CN(C)CCN(C(=O)O)C(C)(C)C)ccc2N3)cc1O[Si](C)(C)C(C)(C)C.O=C(O)C(F)(F)F. The maximum absolute atomic E-state index is 15.3. The minimum Gasteiger partial charge on any atom is -0.543 e. The molecule has 0 unspecified atom stereocenters. The molecule has 290 valence electrons. The van der Waals surface area contributed by atoms with Gasteiger partial charge in [0.15, 0.2) is 0 Å². The lowest BCUT2D eigenvalue weighted by atomic mass is 10.1. The molecular weight excluding hydrogens is 717 g/mol. The van der Waals surface area contributed by atoms with Gasteiger partial charge < -0.3 is 40.4 Å². The molecule has 0 saturated carbocycles. The Morgan fingerprint density at radius 1 is 0.943 bits per heavy atom. The van der Waals surface area contributed by atoms with E-state index in [1.807, 2.05) is 57.8 Å². The Labute approximate surface area is 307 Å². The molecule has 2 amide bonds. The van der Waals surface area contributed by atoms with Crippen molar-refractivity contribution in [2.24, 2.45) is 0 Å². The van der Waals surface area contributed by atoms with Crippen molar-refractivity contribution in [2.45, 2.75) is 84.9 Å². The second-order valence-electron chi connectivity index (χ2n) is 15.3. The predicted octanol–water partition coefficient (Wildman–Crippen LogP) is 8.81. The van der Waals surface area contributed by atoms with Crippen molar-refractivity contribution in [3.63, 3.8) is 0 Å². The number of carbonyl (C=O) groups excluding carboxylic acids is 1. The van der Waals surface area contributed by atoms with Crippen molar-refractivity contribution in [3.8, 4) is 5.75 Å². The summed E-state index contributed by atoms with van der Waals surface area (Å²) in [6.07, 6.45) is -4.47. The normalized spacial score (nSPS) is 13.0. The number of carboxylic acids is 1. The molecule has 1 aromatic heterocycles. The third kappa shape index (κ3) is 11.1. The maximum Gasteiger partial charge on any atom is 0.490 e. The fourth-order valence-corrected chi connectivity index (χ4v) is 5.99. The summed E-state index contributed by atoms with van der Waals surface area (Å²) in [5.41, 5.74) is 3.22. The minimum absolute atomic E-state index is 0.0360. The molecule has 5 N–H and O–H groups in total. The van der Waals surface area contributed by atoms with Gasteiger partial charge in [0.1, 0.15) is 22.9 Å². The number of halogens is 4. The molecule has 0 bridgehead atoms. The van der Waals surface area contributed by atoms with Crippen molar-refractivity contribution < 1.29 is 46.6 Å². The average molecular weight is 765 g/mol. The summed E-state index contributed by atoms with van der Waals surface area (Å²) in [6, 6.07) is 10.5. The average Bonchev–Trinajstić information content (AvgIpc) is 3.13. The number of rotatable bonds is 9. The topological polar surface area (TPSA) is 156 Å². The summed E-state index contributed by atoms with van der Waals surface area (Å²) in [6.45, 7) is 19.6. The number of aromatic nitrogens is 1. The number of aryl methyl sites for hydroxylation is 1. The minimum atomic E-state index is -5.08. The molecule has 12 nitrogen and oxygen atoms in total. The van der Waals surface area contributed by atoms with Crippen molar-refractivity contribution >= 4 is 54.9 Å². The first kappa shape index (κ1) is 42.5. The van der Waals surface area contributed by atoms with E-state index in [0.29, 0.717) is 53.8 Å². The van der Waals surface area contributed by atoms with Crippen molar-refractivity contribution in [2.75, 3.05) is 36.1 Å². The summed E-state index contributed by atoms with van der Waals surface area (Å²) < 4.78 is 53.5. The number of fused-ring (bicyclic) bond motifs is 2. The Bertz CT molecular complexity index is 1840. The van der Waals surface area contributed by atoms with E-state index in [1.165, 1.54) is 11.0 Å². The van der Waals surface area contributed by atoms with Crippen LogP contribution in [0.25, 0.3) is 0 Å². The van der Waals surface area contributed by atoms with Gasteiger partial charge in [-0.05, 0) is 88.3 Å². The number of benzene rings is 2. The number of hydrogen-bond donors (Lipinski definition) is 5. The summed E-state index contributed by atoms with van der Waals surface area (Å²) in [7, 11) is -0.261. The molecule has 4 rings (SSSR count). The van der Waals surface area contributed by atoms with Crippen LogP contribution < -0.4 is 20.4 Å². The fourth-order valence-electron chi connectivity index (χ4n) is 4.92. The summed E-state index contributed by atoms with van der Waals surface area (Å²) in [5, 5.41) is 26.1. The van der Waals surface area contributed by atoms with Gasteiger partial charge in [-0.2, -0.15) is 13.2 Å². The number of likely N-dealkylation sites (N-methyl/N-ethyl adjacent to an activating group) is 1. The number of alkyl halides is 3. The Morgan fingerprint density at radius 2 is 1.57 bits per heavy atom. The zero-order chi connectivity index (χ0) is 40.3. The van der Waals surface area contributed by atoms with Crippen LogP contribution in [-0.2, 0) is 11.3 Å². The van der Waals surface area contributed by atoms with Crippen molar-refractivity contribution in [1.29, 1.82) is 0 Å². The molecule has 1 aliphatic rings. The van der Waals surface area contributed by atoms with Crippen LogP contribution >= 0.6 is 0 Å². The predicted molar refractivity (Wildman–Crippen MR) is 199 cm³/mol. The van der Waals surface area contributed by atoms with Crippen LogP contribution in [0.3, 0.4) is 0 Å². The molecule has 1 aliphatic heterocycles. The van der Waals surface area contributed by atoms with E-state index < -0.39 is 43.8 Å². The zero-order valence-electron chi connectivity index (χ0n) is 31.5. The smallest absolute Gasteiger partial charge is 0.490 e. The molecule has 0 fully saturated rings. The van der Waals surface area contributed by atoms with Gasteiger partial charge in [-0.25, -0.2) is 19.0 Å². The number of pyridine rings is 1. The molecule has 0 spiro atoms. The van der Waals surface area contributed by atoms with Crippen LogP contribution in [0, 0.1) is 12.7 Å². The summed E-state index contributed by atoms with van der Waals surface area (Å²) >= 11 is 0. The number of carboxylic acid groups (broad SMARTS) is 2. The zero-order valence-corrected chi connectivity index (χ0v) is 32.5. The molecule has 0 saturated heterocycles. The van der Waals surface area contributed by atoms with Gasteiger partial charge in [-0.15, -0.1) is 0 Å². The molecule has 0 atom stereocenters. The highest BCUT2D eigenvalue weighted by Crippen LogP contribution is 2.40. The Kier molecular flexibility index (Phi) is 12.8. The first-order chi connectivity index (χ1) is 24.2. The van der Waals surface area contributed by atoms with E-state index in [2.05, 4.69) is 54.8 Å². The lowest BCUT2D eigenvalue weighted by molar-refractivity contribution is -0.192. The Balaban J connectivity index is 0.000000980. The van der Waals surface area contributed by atoms with Gasteiger partial charge in [0, 0.05) is 37.4 Å². The highest BCUT2D eigenvalue weighted by Gasteiger charge is 2.40. The number of carbonyl (C=O) groups is 3. The number of anilines is 5. The van der Waals surface area contributed by atoms with E-state index >= 15 is 4.39 Å². The van der Waals surface area contributed by atoms with Gasteiger partial charge >= 0.3 is 18.2 Å². The van der Waals surface area contributed by atoms with Gasteiger partial charge in [0.2, 0.25) is 8.32 Å². The number of hydrogen-bond acceptors (Lipinski definition) is 8. The van der Waals surface area contributed by atoms with Crippen LogP contribution in [0.5, 0.6) is 5.75 Å². The molecule has 0 aliphatic carbocycles. The van der Waals surface area contributed by atoms with Gasteiger partial charge in [-0.3, -0.25) is 4.79 Å². The van der Waals surface area contributed by atoms with E-state index in [4.69, 9.17) is 14.3 Å². The number of amides is 2. The summed E-state index contributed by atoms with van der Waals surface area (Å²) in [4.78, 5) is 42.1. The molecular formula is C36H48F4N6O6Si. The quantitative estimate of drug-likeness (QED) is 0.105. The maximum atomic E-state index is 15.3. The largest absolute Gasteiger partial charge is 0.543 e. The number of nitrogens with zero attached hydrogens (tertiary/aromatic N) is 3. The second-order valence-corrected chi connectivity index (χ2v) is 20.0. The van der Waals surface area contributed by atoms with Gasteiger partial charge in [0.05, 0.1) is 22.7 Å². The summed E-state index contributed by atoms with van der Waals surface area (Å²) in [5.74, 6) is -2.66. The standard InChI is InChI=1S/C34H47FN6O4Si.C2HF3O2/c1-21-17-23(35)26(19-28(21)45-46(9,10)34(5,6)7)37-25-13-14-36-30-29(25)31(42)39-27-18-22(11-12-24(27)38-30)20-40(8)15-16-41(32(43)44)33(2,3)4;3-2(4,5)1(6)7/h11-14,17-19H,15-16,20H2,1-10H3,(H,39,42)(H,43,44)(H2,36,37,38);(H,6,7). The second kappa shape index (κ2) is 16.0. The monoisotopic (exact) mass is 764 g/mol. The van der Waals surface area contributed by atoms with Crippen molar-refractivity contribution in [3.05, 3.63) is 65.1 Å². The Hall–Kier alpha value is -4.90. The molecule has 17 heteroatoms. The highest BCUT2D eigenvalue weighted by atomic mass is 28.4. The van der Waals surface area contributed by atoms with E-state index in [0.717, 1.165) is 5.56 Å². The molecule has 2 heterocycles. The van der Waals surface area contributed by atoms with E-state index in [9.17, 15) is 27.9 Å². The number of nitrogens with one attached hydrogen (secondary N) is 3. The van der Waals surface area contributed by atoms with Gasteiger partial charge in [0.25, 0.3) is 5.91 Å². The molecule has 53 heavy (non-hydrogen) atoms. The van der Waals surface area contributed by atoms with Crippen LogP contribution in [0.15, 0.2) is 42.6 Å². The number of aliphatic carboxylic acids is 1. The van der Waals surface area contributed by atoms with Gasteiger partial charge in [-0.1, -0.05) is 26.8 Å². The first-order valence-electron chi connectivity index (χ1n) is 16.7. The molecule has 2 aromatic carbocycles. The van der Waals surface area contributed by atoms with Crippen molar-refractivity contribution in [1.82, 2.24) is 14.8 Å². The van der Waals surface area contributed by atoms with Crippen LogP contribution in [0.2, 0.25) is 18.1 Å². The van der Waals surface area contributed by atoms with E-state index in [1.54, 1.807) is 18.3 Å². The lowest BCUT2D eigenvalue weighted by Crippen LogP contribution is -2.47. The molecule has 0 radical (unpaired) electrons. The van der Waals surface area contributed by atoms with Crippen LogP contribution in [0.1, 0.15) is 63.0 Å². The highest BCUT2D eigenvalue weighted by molar-refractivity contribution is 6.74. The third-order valence-electron chi connectivity index (χ3n) is 8.91.